The third-order valence-corrected chi connectivity index (χ3v) is 2.60. The first-order chi connectivity index (χ1) is 9.13. The summed E-state index contributed by atoms with van der Waals surface area (Å²) in [6, 6.07) is -1.34. The van der Waals surface area contributed by atoms with Crippen LogP contribution in [-0.2, 0) is 28.6 Å². The van der Waals surface area contributed by atoms with E-state index in [9.17, 15) is 14.4 Å². The number of hydrogen-bond donors (Lipinski definition) is 0. The lowest BCUT2D eigenvalue weighted by atomic mass is 10.2. The lowest BCUT2D eigenvalue weighted by Gasteiger charge is -2.24. The Morgan fingerprint density at radius 1 is 1.32 bits per heavy atom. The predicted molar refractivity (Wildman–Crippen MR) is 64.2 cm³/mol. The van der Waals surface area contributed by atoms with Gasteiger partial charge in [0.05, 0.1) is 25.9 Å². The van der Waals surface area contributed by atoms with Crippen molar-refractivity contribution >= 4 is 18.3 Å². The first-order valence-electron chi connectivity index (χ1n) is 6.29. The summed E-state index contributed by atoms with van der Waals surface area (Å²) in [6.07, 6.45) is 1.14. The summed E-state index contributed by atoms with van der Waals surface area (Å²) >= 11 is 0. The van der Waals surface area contributed by atoms with Crippen molar-refractivity contribution in [2.75, 3.05) is 26.4 Å². The van der Waals surface area contributed by atoms with E-state index in [0.29, 0.717) is 19.4 Å². The summed E-state index contributed by atoms with van der Waals surface area (Å²) in [5, 5.41) is 0. The number of amides is 1. The zero-order valence-electron chi connectivity index (χ0n) is 11.2. The van der Waals surface area contributed by atoms with Gasteiger partial charge in [-0.25, -0.2) is 9.59 Å². The molecule has 0 aromatic rings. The highest BCUT2D eigenvalue weighted by Crippen LogP contribution is 2.15. The molecule has 7 nitrogen and oxygen atoms in total. The average Bonchev–Trinajstić information content (AvgIpc) is 3.18. The summed E-state index contributed by atoms with van der Waals surface area (Å²) < 4.78 is 14.6. The molecule has 7 heteroatoms. The second kappa shape index (κ2) is 7.73. The van der Waals surface area contributed by atoms with Crippen LogP contribution in [0.25, 0.3) is 0 Å². The highest BCUT2D eigenvalue weighted by molar-refractivity contribution is 6.00. The molecule has 108 valence electrons. The molecule has 0 spiro atoms. The molecule has 1 heterocycles. The predicted octanol–water partition coefficient (Wildman–Crippen LogP) is -0.271. The molecule has 1 amide bonds. The number of ether oxygens (including phenoxy) is 3. The van der Waals surface area contributed by atoms with Gasteiger partial charge in [0.25, 0.3) is 0 Å². The molecule has 0 aromatic heterocycles. The molecule has 1 aliphatic rings. The number of rotatable bonds is 9. The number of carbonyl (C=O) groups excluding carboxylic acids is 3. The van der Waals surface area contributed by atoms with Crippen molar-refractivity contribution in [1.29, 1.82) is 0 Å². The van der Waals surface area contributed by atoms with Crippen LogP contribution in [0.2, 0.25) is 0 Å². The smallest absolute Gasteiger partial charge is 0.340 e. The maximum atomic E-state index is 11.8. The number of hydrogen-bond acceptors (Lipinski definition) is 6. The Morgan fingerprint density at radius 3 is 2.21 bits per heavy atom. The minimum atomic E-state index is -1.34. The monoisotopic (exact) mass is 273 g/mol. The molecule has 1 aliphatic heterocycles. The molecule has 1 saturated heterocycles. The van der Waals surface area contributed by atoms with E-state index in [4.69, 9.17) is 14.2 Å². The molecule has 0 aromatic carbocycles. The minimum Gasteiger partial charge on any atom is -0.464 e. The van der Waals surface area contributed by atoms with Gasteiger partial charge in [0.1, 0.15) is 0 Å². The Bertz CT molecular complexity index is 310. The fourth-order valence-corrected chi connectivity index (χ4v) is 1.58. The van der Waals surface area contributed by atoms with Crippen molar-refractivity contribution in [2.45, 2.75) is 32.4 Å². The molecular formula is C12H19NO6. The third-order valence-electron chi connectivity index (χ3n) is 2.60. The Labute approximate surface area is 111 Å². The van der Waals surface area contributed by atoms with Crippen LogP contribution in [-0.4, -0.2) is 61.8 Å². The van der Waals surface area contributed by atoms with Crippen LogP contribution in [0, 0.1) is 0 Å². The van der Waals surface area contributed by atoms with E-state index in [1.807, 2.05) is 0 Å². The summed E-state index contributed by atoms with van der Waals surface area (Å²) in [7, 11) is 0. The van der Waals surface area contributed by atoms with E-state index in [0.717, 1.165) is 4.90 Å². The molecule has 1 unspecified atom stereocenters. The molecule has 19 heavy (non-hydrogen) atoms. The lowest BCUT2D eigenvalue weighted by Crippen LogP contribution is -2.48. The Kier molecular flexibility index (Phi) is 6.27. The van der Waals surface area contributed by atoms with Gasteiger partial charge in [0, 0.05) is 6.54 Å². The van der Waals surface area contributed by atoms with E-state index in [2.05, 4.69) is 0 Å². The maximum absolute atomic E-state index is 11.8. The highest BCUT2D eigenvalue weighted by Gasteiger charge is 2.36. The Hall–Kier alpha value is -1.63. The van der Waals surface area contributed by atoms with Crippen LogP contribution < -0.4 is 0 Å². The van der Waals surface area contributed by atoms with Crippen LogP contribution in [0.1, 0.15) is 20.3 Å². The first kappa shape index (κ1) is 15.4. The van der Waals surface area contributed by atoms with Crippen LogP contribution >= 0.6 is 0 Å². The van der Waals surface area contributed by atoms with E-state index in [1.165, 1.54) is 0 Å². The van der Waals surface area contributed by atoms with Crippen LogP contribution in [0.5, 0.6) is 0 Å². The number of nitrogens with zero attached hydrogens (tertiary/aromatic N) is 1. The molecule has 1 atom stereocenters. The topological polar surface area (TPSA) is 85.4 Å². The normalized spacial score (nSPS) is 16.9. The molecule has 1 rings (SSSR count). The molecule has 0 aliphatic carbocycles. The van der Waals surface area contributed by atoms with E-state index >= 15 is 0 Å². The molecule has 0 saturated carbocycles. The first-order valence-corrected chi connectivity index (χ1v) is 6.29. The van der Waals surface area contributed by atoms with Gasteiger partial charge in [-0.15, -0.1) is 0 Å². The van der Waals surface area contributed by atoms with E-state index in [1.54, 1.807) is 13.8 Å². The summed E-state index contributed by atoms with van der Waals surface area (Å²) in [5.74, 6) is -1.55. The van der Waals surface area contributed by atoms with Crippen molar-refractivity contribution in [1.82, 2.24) is 4.90 Å². The number of epoxide rings is 1. The van der Waals surface area contributed by atoms with Crippen molar-refractivity contribution in [3.05, 3.63) is 0 Å². The van der Waals surface area contributed by atoms with Crippen molar-refractivity contribution < 1.29 is 28.6 Å². The summed E-state index contributed by atoms with van der Waals surface area (Å²) in [5.41, 5.74) is 0. The van der Waals surface area contributed by atoms with Gasteiger partial charge in [-0.2, -0.15) is 0 Å². The zero-order valence-corrected chi connectivity index (χ0v) is 11.2. The molecule has 1 fully saturated rings. The number of carbonyl (C=O) groups is 3. The van der Waals surface area contributed by atoms with Gasteiger partial charge in [-0.1, -0.05) is 0 Å². The average molecular weight is 273 g/mol. The van der Waals surface area contributed by atoms with Crippen LogP contribution in [0.15, 0.2) is 0 Å². The second-order valence-electron chi connectivity index (χ2n) is 3.99. The fourth-order valence-electron chi connectivity index (χ4n) is 1.58. The Morgan fingerprint density at radius 2 is 1.84 bits per heavy atom. The molecule has 0 N–H and O–H groups in total. The van der Waals surface area contributed by atoms with Crippen molar-refractivity contribution in [3.63, 3.8) is 0 Å². The van der Waals surface area contributed by atoms with Gasteiger partial charge in [0.2, 0.25) is 12.5 Å². The van der Waals surface area contributed by atoms with E-state index < -0.39 is 18.0 Å². The molecule has 0 radical (unpaired) electrons. The fraction of sp³-hybridized carbons (Fsp3) is 0.750. The quantitative estimate of drug-likeness (QED) is 0.249. The third kappa shape index (κ3) is 4.86. The molecular weight excluding hydrogens is 254 g/mol. The molecule has 0 bridgehead atoms. The van der Waals surface area contributed by atoms with Crippen molar-refractivity contribution in [3.8, 4) is 0 Å². The van der Waals surface area contributed by atoms with Gasteiger partial charge in [-0.05, 0) is 20.3 Å². The SMILES string of the molecule is CCOC(=O)C(C(=O)OCC)N(C=O)CCC1CO1. The zero-order chi connectivity index (χ0) is 14.3. The standard InChI is InChI=1S/C12H19NO6/c1-3-17-11(15)10(12(16)18-4-2)13(8-14)6-5-9-7-19-9/h8-10H,3-7H2,1-2H3. The maximum Gasteiger partial charge on any atom is 0.340 e. The number of esters is 2. The van der Waals surface area contributed by atoms with Gasteiger partial charge >= 0.3 is 11.9 Å². The lowest BCUT2D eigenvalue weighted by molar-refractivity contribution is -0.165. The van der Waals surface area contributed by atoms with Gasteiger partial charge in [-0.3, -0.25) is 4.79 Å². The van der Waals surface area contributed by atoms with Crippen LogP contribution in [0.4, 0.5) is 0 Å². The Balaban J connectivity index is 2.68. The van der Waals surface area contributed by atoms with E-state index in [-0.39, 0.29) is 25.9 Å². The largest absolute Gasteiger partial charge is 0.464 e. The van der Waals surface area contributed by atoms with Crippen molar-refractivity contribution in [2.24, 2.45) is 0 Å². The summed E-state index contributed by atoms with van der Waals surface area (Å²) in [4.78, 5) is 35.7. The summed E-state index contributed by atoms with van der Waals surface area (Å²) in [6.45, 7) is 4.42. The van der Waals surface area contributed by atoms with Crippen LogP contribution in [0.3, 0.4) is 0 Å². The minimum absolute atomic E-state index is 0.104. The second-order valence-corrected chi connectivity index (χ2v) is 3.99. The van der Waals surface area contributed by atoms with Gasteiger partial charge < -0.3 is 19.1 Å². The van der Waals surface area contributed by atoms with Gasteiger partial charge in [0.15, 0.2) is 0 Å². The highest BCUT2D eigenvalue weighted by atomic mass is 16.6.